The van der Waals surface area contributed by atoms with Crippen LogP contribution >= 0.6 is 0 Å². The van der Waals surface area contributed by atoms with E-state index in [0.717, 1.165) is 6.42 Å². The minimum absolute atomic E-state index is 0.00369. The Morgan fingerprint density at radius 2 is 2.55 bits per heavy atom. The van der Waals surface area contributed by atoms with Crippen LogP contribution in [0.15, 0.2) is 0 Å². The molecule has 0 aliphatic carbocycles. The Kier molecular flexibility index (Phi) is 3.32. The highest BCUT2D eigenvalue weighted by Crippen LogP contribution is 2.08. The Balaban J connectivity index is 2.04. The van der Waals surface area contributed by atoms with Gasteiger partial charge in [-0.15, -0.1) is 0 Å². The maximum atomic E-state index is 10.6. The fourth-order valence-corrected chi connectivity index (χ4v) is 1.01. The molecule has 4 heteroatoms. The Bertz CT molecular complexity index is 138. The molecule has 11 heavy (non-hydrogen) atoms. The number of nitrogens with zero attached hydrogens (tertiary/aromatic N) is 1. The molecule has 0 spiro atoms. The van der Waals surface area contributed by atoms with Crippen molar-refractivity contribution in [3.8, 4) is 0 Å². The number of hydrogen-bond acceptors (Lipinski definition) is 3. The minimum Gasteiger partial charge on any atom is -0.359 e. The molecular formula is C7H12NO3. The maximum absolute atomic E-state index is 10.6. The first-order valence-corrected chi connectivity index (χ1v) is 3.63. The molecule has 1 rings (SSSR count). The molecule has 0 aromatic rings. The third kappa shape index (κ3) is 2.86. The molecule has 1 fully saturated rings. The number of amides is 1. The second kappa shape index (κ2) is 4.31. The summed E-state index contributed by atoms with van der Waals surface area (Å²) in [5.41, 5.74) is 0. The van der Waals surface area contributed by atoms with E-state index in [1.807, 2.05) is 0 Å². The third-order valence-corrected chi connectivity index (χ3v) is 1.53. The van der Waals surface area contributed by atoms with Crippen molar-refractivity contribution in [3.05, 3.63) is 0 Å². The monoisotopic (exact) mass is 158 g/mol. The van der Waals surface area contributed by atoms with Gasteiger partial charge in [0.05, 0.1) is 12.6 Å². The van der Waals surface area contributed by atoms with Crippen LogP contribution in [0.4, 0.5) is 0 Å². The zero-order chi connectivity index (χ0) is 8.10. The first-order valence-electron chi connectivity index (χ1n) is 3.63. The molecule has 1 atom stereocenters. The summed E-state index contributed by atoms with van der Waals surface area (Å²) in [7, 11) is 1.57. The zero-order valence-electron chi connectivity index (χ0n) is 6.58. The lowest BCUT2D eigenvalue weighted by molar-refractivity contribution is -0.120. The van der Waals surface area contributed by atoms with Crippen LogP contribution in [0.1, 0.15) is 12.8 Å². The van der Waals surface area contributed by atoms with Crippen LogP contribution in [0.25, 0.3) is 0 Å². The molecule has 1 saturated heterocycles. The molecule has 0 aromatic heterocycles. The van der Waals surface area contributed by atoms with Crippen molar-refractivity contribution in [2.75, 3.05) is 20.5 Å². The third-order valence-electron chi connectivity index (χ3n) is 1.53. The SMILES string of the molecule is COCOCC1CCC(=O)[N]1. The van der Waals surface area contributed by atoms with Crippen LogP contribution < -0.4 is 5.32 Å². The van der Waals surface area contributed by atoms with Gasteiger partial charge in [-0.05, 0) is 6.42 Å². The summed E-state index contributed by atoms with van der Waals surface area (Å²) in [4.78, 5) is 10.6. The lowest BCUT2D eigenvalue weighted by Crippen LogP contribution is -2.23. The highest BCUT2D eigenvalue weighted by atomic mass is 16.7. The van der Waals surface area contributed by atoms with E-state index in [-0.39, 0.29) is 18.7 Å². The van der Waals surface area contributed by atoms with Gasteiger partial charge in [-0.25, -0.2) is 5.32 Å². The van der Waals surface area contributed by atoms with E-state index in [1.54, 1.807) is 7.11 Å². The fourth-order valence-electron chi connectivity index (χ4n) is 1.01. The highest BCUT2D eigenvalue weighted by Gasteiger charge is 2.22. The van der Waals surface area contributed by atoms with Gasteiger partial charge < -0.3 is 9.47 Å². The number of carbonyl (C=O) groups excluding carboxylic acids is 1. The Hall–Kier alpha value is -0.610. The van der Waals surface area contributed by atoms with E-state index in [4.69, 9.17) is 4.74 Å². The number of rotatable bonds is 4. The van der Waals surface area contributed by atoms with Crippen molar-refractivity contribution in [1.29, 1.82) is 0 Å². The molecule has 0 bridgehead atoms. The van der Waals surface area contributed by atoms with Crippen LogP contribution in [-0.2, 0) is 14.3 Å². The summed E-state index contributed by atoms with van der Waals surface area (Å²) < 4.78 is 9.73. The summed E-state index contributed by atoms with van der Waals surface area (Å²) in [6.45, 7) is 0.778. The molecule has 1 heterocycles. The Labute approximate surface area is 65.9 Å². The predicted octanol–water partition coefficient (Wildman–Crippen LogP) is -0.0997. The van der Waals surface area contributed by atoms with Crippen molar-refractivity contribution in [3.63, 3.8) is 0 Å². The Morgan fingerprint density at radius 1 is 1.73 bits per heavy atom. The minimum atomic E-state index is -0.00369. The van der Waals surface area contributed by atoms with E-state index < -0.39 is 0 Å². The van der Waals surface area contributed by atoms with E-state index >= 15 is 0 Å². The van der Waals surface area contributed by atoms with Crippen LogP contribution in [-0.4, -0.2) is 32.5 Å². The number of carbonyl (C=O) groups is 1. The predicted molar refractivity (Wildman–Crippen MR) is 38.0 cm³/mol. The molecular weight excluding hydrogens is 146 g/mol. The summed E-state index contributed by atoms with van der Waals surface area (Å²) >= 11 is 0. The first kappa shape index (κ1) is 8.49. The highest BCUT2D eigenvalue weighted by molar-refractivity contribution is 5.78. The molecule has 0 N–H and O–H groups in total. The second-order valence-corrected chi connectivity index (χ2v) is 2.49. The fraction of sp³-hybridized carbons (Fsp3) is 0.857. The van der Waals surface area contributed by atoms with Crippen molar-refractivity contribution >= 4 is 5.91 Å². The lowest BCUT2D eigenvalue weighted by Gasteiger charge is -2.06. The Morgan fingerprint density at radius 3 is 3.09 bits per heavy atom. The van der Waals surface area contributed by atoms with Gasteiger partial charge in [-0.1, -0.05) is 0 Å². The average molecular weight is 158 g/mol. The van der Waals surface area contributed by atoms with E-state index in [2.05, 4.69) is 10.1 Å². The molecule has 1 aliphatic heterocycles. The quantitative estimate of drug-likeness (QED) is 0.424. The zero-order valence-corrected chi connectivity index (χ0v) is 6.58. The summed E-state index contributed by atoms with van der Waals surface area (Å²) in [6.07, 6.45) is 1.39. The standard InChI is InChI=1S/C7H12NO3/c1-10-5-11-4-6-2-3-7(9)8-6/h6H,2-5H2,1H3. The van der Waals surface area contributed by atoms with Crippen LogP contribution in [0.3, 0.4) is 0 Å². The number of ether oxygens (including phenoxy) is 2. The van der Waals surface area contributed by atoms with Crippen molar-refractivity contribution < 1.29 is 14.3 Å². The number of methoxy groups -OCH3 is 1. The number of hydrogen-bond donors (Lipinski definition) is 0. The molecule has 1 radical (unpaired) electrons. The summed E-state index contributed by atoms with van der Waals surface area (Å²) in [5.74, 6) is -0.00369. The van der Waals surface area contributed by atoms with Gasteiger partial charge >= 0.3 is 0 Å². The van der Waals surface area contributed by atoms with Gasteiger partial charge in [0.1, 0.15) is 6.79 Å². The second-order valence-electron chi connectivity index (χ2n) is 2.49. The van der Waals surface area contributed by atoms with Gasteiger partial charge in [0.15, 0.2) is 0 Å². The van der Waals surface area contributed by atoms with Gasteiger partial charge in [-0.3, -0.25) is 4.79 Å². The van der Waals surface area contributed by atoms with E-state index in [1.165, 1.54) is 0 Å². The first-order chi connectivity index (χ1) is 5.33. The van der Waals surface area contributed by atoms with Crippen LogP contribution in [0.5, 0.6) is 0 Å². The molecule has 1 unspecified atom stereocenters. The lowest BCUT2D eigenvalue weighted by atomic mass is 10.2. The van der Waals surface area contributed by atoms with Gasteiger partial charge in [0.25, 0.3) is 0 Å². The van der Waals surface area contributed by atoms with Crippen LogP contribution in [0, 0.1) is 0 Å². The molecule has 63 valence electrons. The topological polar surface area (TPSA) is 49.6 Å². The van der Waals surface area contributed by atoms with Crippen LogP contribution in [0.2, 0.25) is 0 Å². The van der Waals surface area contributed by atoms with Gasteiger partial charge in [-0.2, -0.15) is 0 Å². The van der Waals surface area contributed by atoms with E-state index in [0.29, 0.717) is 13.0 Å². The summed E-state index contributed by atoms with van der Waals surface area (Å²) in [5, 5.41) is 3.84. The normalized spacial score (nSPS) is 23.7. The van der Waals surface area contributed by atoms with Gasteiger partial charge in [0.2, 0.25) is 5.91 Å². The molecule has 1 aliphatic rings. The molecule has 0 aromatic carbocycles. The van der Waals surface area contributed by atoms with Gasteiger partial charge in [0, 0.05) is 13.5 Å². The van der Waals surface area contributed by atoms with Crippen molar-refractivity contribution in [2.24, 2.45) is 0 Å². The largest absolute Gasteiger partial charge is 0.359 e. The summed E-state index contributed by atoms with van der Waals surface area (Å²) in [6, 6.07) is 0.0673. The average Bonchev–Trinajstić information content (AvgIpc) is 2.37. The molecule has 0 saturated carbocycles. The van der Waals surface area contributed by atoms with E-state index in [9.17, 15) is 4.79 Å². The van der Waals surface area contributed by atoms with Crippen molar-refractivity contribution in [2.45, 2.75) is 18.9 Å². The molecule has 1 amide bonds. The maximum Gasteiger partial charge on any atom is 0.241 e. The molecule has 4 nitrogen and oxygen atoms in total. The van der Waals surface area contributed by atoms with Crippen molar-refractivity contribution in [1.82, 2.24) is 5.32 Å². The smallest absolute Gasteiger partial charge is 0.241 e.